The number of nitrogens with zero attached hydrogens (tertiary/aromatic N) is 3. The highest BCUT2D eigenvalue weighted by atomic mass is 19.1. The highest BCUT2D eigenvalue weighted by molar-refractivity contribution is 5.54. The van der Waals surface area contributed by atoms with Gasteiger partial charge in [0.1, 0.15) is 12.0 Å². The Morgan fingerprint density at radius 1 is 1.09 bits per heavy atom. The standard InChI is InChI=1S/C27H32FN3O2/c1-2-18-10-12-19(13-11-18)22-14-23(17-31(16-22)27(32)20-6-3-4-7-20)26-29-25(30-33-26)21-8-5-9-24(28)15-21/h5,8-13,15,20,22-23,27,32H,2-4,6-7,14,16-17H2,1H3. The molecule has 5 rings (SSSR count). The van der Waals surface area contributed by atoms with Crippen molar-refractivity contribution in [3.63, 3.8) is 0 Å². The van der Waals surface area contributed by atoms with Crippen molar-refractivity contribution in [2.24, 2.45) is 5.92 Å². The normalized spacial score (nSPS) is 23.1. The molecule has 3 atom stereocenters. The summed E-state index contributed by atoms with van der Waals surface area (Å²) in [5.41, 5.74) is 3.21. The third-order valence-electron chi connectivity index (χ3n) is 7.41. The molecule has 1 saturated heterocycles. The highest BCUT2D eigenvalue weighted by Crippen LogP contribution is 2.39. The number of hydrogen-bond donors (Lipinski definition) is 1. The van der Waals surface area contributed by atoms with Crippen LogP contribution in [0.15, 0.2) is 53.1 Å². The molecule has 6 heteroatoms. The second kappa shape index (κ2) is 9.74. The lowest BCUT2D eigenvalue weighted by Crippen LogP contribution is -2.47. The zero-order chi connectivity index (χ0) is 22.8. The molecule has 3 aromatic rings. The van der Waals surface area contributed by atoms with Crippen molar-refractivity contribution in [2.75, 3.05) is 13.1 Å². The molecule has 2 aliphatic rings. The topological polar surface area (TPSA) is 62.4 Å². The predicted molar refractivity (Wildman–Crippen MR) is 125 cm³/mol. The van der Waals surface area contributed by atoms with E-state index in [4.69, 9.17) is 4.52 Å². The highest BCUT2D eigenvalue weighted by Gasteiger charge is 2.38. The van der Waals surface area contributed by atoms with Crippen LogP contribution in [0.4, 0.5) is 4.39 Å². The molecule has 2 heterocycles. The summed E-state index contributed by atoms with van der Waals surface area (Å²) in [6.07, 6.45) is 6.02. The second-order valence-corrected chi connectivity index (χ2v) is 9.60. The summed E-state index contributed by atoms with van der Waals surface area (Å²) in [7, 11) is 0. The van der Waals surface area contributed by atoms with Crippen LogP contribution in [0.25, 0.3) is 11.4 Å². The first-order valence-electron chi connectivity index (χ1n) is 12.2. The molecular weight excluding hydrogens is 417 g/mol. The Bertz CT molecular complexity index is 1060. The maximum Gasteiger partial charge on any atom is 0.231 e. The molecule has 1 aliphatic carbocycles. The maximum absolute atomic E-state index is 13.7. The predicted octanol–water partition coefficient (Wildman–Crippen LogP) is 5.52. The minimum atomic E-state index is -0.446. The van der Waals surface area contributed by atoms with Crippen LogP contribution < -0.4 is 0 Å². The smallest absolute Gasteiger partial charge is 0.231 e. The number of aliphatic hydroxyl groups excluding tert-OH is 1. The van der Waals surface area contributed by atoms with Crippen LogP contribution in [-0.4, -0.2) is 39.5 Å². The lowest BCUT2D eigenvalue weighted by molar-refractivity contribution is -0.0573. The van der Waals surface area contributed by atoms with Gasteiger partial charge < -0.3 is 9.63 Å². The fraction of sp³-hybridized carbons (Fsp3) is 0.481. The van der Waals surface area contributed by atoms with Crippen LogP contribution in [0.1, 0.15) is 67.9 Å². The minimum Gasteiger partial charge on any atom is -0.378 e. The van der Waals surface area contributed by atoms with Crippen LogP contribution in [0.2, 0.25) is 0 Å². The van der Waals surface area contributed by atoms with Gasteiger partial charge in [0.2, 0.25) is 11.7 Å². The Morgan fingerprint density at radius 2 is 1.85 bits per heavy atom. The molecule has 1 N–H and O–H groups in total. The van der Waals surface area contributed by atoms with Crippen molar-refractivity contribution in [3.05, 3.63) is 71.4 Å². The summed E-state index contributed by atoms with van der Waals surface area (Å²) in [6.45, 7) is 3.67. The largest absolute Gasteiger partial charge is 0.378 e. The Hall–Kier alpha value is -2.57. The van der Waals surface area contributed by atoms with Gasteiger partial charge in [0.15, 0.2) is 0 Å². The molecule has 0 amide bonds. The molecule has 33 heavy (non-hydrogen) atoms. The van der Waals surface area contributed by atoms with Crippen LogP contribution in [-0.2, 0) is 6.42 Å². The molecule has 2 aromatic carbocycles. The van der Waals surface area contributed by atoms with E-state index in [-0.39, 0.29) is 17.7 Å². The Labute approximate surface area is 194 Å². The van der Waals surface area contributed by atoms with E-state index in [1.165, 1.54) is 36.1 Å². The van der Waals surface area contributed by atoms with E-state index in [9.17, 15) is 9.50 Å². The van der Waals surface area contributed by atoms with E-state index in [1.807, 2.05) is 0 Å². The number of hydrogen-bond acceptors (Lipinski definition) is 5. The van der Waals surface area contributed by atoms with Crippen LogP contribution in [0.3, 0.4) is 0 Å². The van der Waals surface area contributed by atoms with E-state index in [0.717, 1.165) is 32.2 Å². The lowest BCUT2D eigenvalue weighted by Gasteiger charge is -2.41. The Balaban J connectivity index is 1.41. The Morgan fingerprint density at radius 3 is 2.58 bits per heavy atom. The van der Waals surface area contributed by atoms with Crippen molar-refractivity contribution < 1.29 is 14.0 Å². The summed E-state index contributed by atoms with van der Waals surface area (Å²) in [5, 5.41) is 15.4. The number of likely N-dealkylation sites (tertiary alicyclic amines) is 1. The van der Waals surface area contributed by atoms with Gasteiger partial charge in [-0.1, -0.05) is 61.3 Å². The van der Waals surface area contributed by atoms with Gasteiger partial charge in [0.25, 0.3) is 0 Å². The van der Waals surface area contributed by atoms with E-state index in [0.29, 0.717) is 29.7 Å². The van der Waals surface area contributed by atoms with E-state index >= 15 is 0 Å². The molecular formula is C27H32FN3O2. The monoisotopic (exact) mass is 449 g/mol. The summed E-state index contributed by atoms with van der Waals surface area (Å²) < 4.78 is 19.4. The van der Waals surface area contributed by atoms with Crippen molar-refractivity contribution >= 4 is 0 Å². The average molecular weight is 450 g/mol. The fourth-order valence-electron chi connectivity index (χ4n) is 5.49. The molecule has 1 aromatic heterocycles. The second-order valence-electron chi connectivity index (χ2n) is 9.60. The summed E-state index contributed by atoms with van der Waals surface area (Å²) in [4.78, 5) is 6.86. The van der Waals surface area contributed by atoms with E-state index in [2.05, 4.69) is 46.2 Å². The van der Waals surface area contributed by atoms with Crippen molar-refractivity contribution in [1.29, 1.82) is 0 Å². The minimum absolute atomic E-state index is 0.0143. The van der Waals surface area contributed by atoms with Gasteiger partial charge in [0, 0.05) is 18.7 Å². The van der Waals surface area contributed by atoms with E-state index < -0.39 is 6.23 Å². The molecule has 5 nitrogen and oxygen atoms in total. The fourth-order valence-corrected chi connectivity index (χ4v) is 5.49. The molecule has 1 saturated carbocycles. The maximum atomic E-state index is 13.7. The molecule has 2 fully saturated rings. The van der Waals surface area contributed by atoms with Gasteiger partial charge >= 0.3 is 0 Å². The summed E-state index contributed by atoms with van der Waals surface area (Å²) >= 11 is 0. The zero-order valence-electron chi connectivity index (χ0n) is 19.2. The SMILES string of the molecule is CCc1ccc(C2CC(c3nc(-c4cccc(F)c4)no3)CN(C(O)C3CCCC3)C2)cc1. The van der Waals surface area contributed by atoms with E-state index in [1.54, 1.807) is 12.1 Å². The molecule has 0 spiro atoms. The number of aliphatic hydroxyl groups is 1. The average Bonchev–Trinajstić information content (AvgIpc) is 3.56. The molecule has 174 valence electrons. The quantitative estimate of drug-likeness (QED) is 0.537. The molecule has 1 aliphatic heterocycles. The molecule has 0 bridgehead atoms. The van der Waals surface area contributed by atoms with Gasteiger partial charge in [0.05, 0.1) is 5.92 Å². The first kappa shape index (κ1) is 22.2. The van der Waals surface area contributed by atoms with Gasteiger partial charge in [-0.3, -0.25) is 4.90 Å². The van der Waals surface area contributed by atoms with Gasteiger partial charge in [-0.25, -0.2) is 4.39 Å². The van der Waals surface area contributed by atoms with Crippen molar-refractivity contribution in [1.82, 2.24) is 15.0 Å². The number of rotatable bonds is 6. The summed E-state index contributed by atoms with van der Waals surface area (Å²) in [5.74, 6) is 1.26. The third-order valence-corrected chi connectivity index (χ3v) is 7.41. The molecule has 3 unspecified atom stereocenters. The number of piperidine rings is 1. The number of benzene rings is 2. The van der Waals surface area contributed by atoms with Crippen molar-refractivity contribution in [3.8, 4) is 11.4 Å². The van der Waals surface area contributed by atoms with Crippen LogP contribution >= 0.6 is 0 Å². The Kier molecular flexibility index (Phi) is 6.56. The number of aromatic nitrogens is 2. The first-order valence-corrected chi connectivity index (χ1v) is 12.2. The molecule has 0 radical (unpaired) electrons. The van der Waals surface area contributed by atoms with Crippen LogP contribution in [0.5, 0.6) is 0 Å². The zero-order valence-corrected chi connectivity index (χ0v) is 19.2. The third kappa shape index (κ3) is 4.87. The summed E-state index contributed by atoms with van der Waals surface area (Å²) in [6, 6.07) is 15.1. The number of aryl methyl sites for hydroxylation is 1. The van der Waals surface area contributed by atoms with Crippen molar-refractivity contribution in [2.45, 2.75) is 63.5 Å². The first-order chi connectivity index (χ1) is 16.1. The van der Waals surface area contributed by atoms with Gasteiger partial charge in [-0.2, -0.15) is 4.98 Å². The lowest BCUT2D eigenvalue weighted by atomic mass is 9.83. The van der Waals surface area contributed by atoms with Crippen LogP contribution in [0, 0.1) is 11.7 Å². The van der Waals surface area contributed by atoms with Gasteiger partial charge in [-0.15, -0.1) is 0 Å². The number of halogens is 1. The van der Waals surface area contributed by atoms with Gasteiger partial charge in [-0.05, 0) is 60.8 Å².